The molecule has 0 aliphatic carbocycles. The van der Waals surface area contributed by atoms with Gasteiger partial charge >= 0.3 is 0 Å². The zero-order valence-electron chi connectivity index (χ0n) is 17.5. The van der Waals surface area contributed by atoms with Crippen molar-refractivity contribution < 1.29 is 19.3 Å². The first-order valence-electron chi connectivity index (χ1n) is 10.1. The Kier molecular flexibility index (Phi) is 7.82. The molecule has 2 aromatic carbocycles. The van der Waals surface area contributed by atoms with Gasteiger partial charge in [0.15, 0.2) is 0 Å². The van der Waals surface area contributed by atoms with Gasteiger partial charge in [-0.2, -0.15) is 4.98 Å². The molecule has 3 aromatic rings. The number of hydrogen-bond donors (Lipinski definition) is 2. The summed E-state index contributed by atoms with van der Waals surface area (Å²) in [6, 6.07) is 15.5. The van der Waals surface area contributed by atoms with E-state index in [4.69, 9.17) is 9.26 Å². The second-order valence-corrected chi connectivity index (χ2v) is 7.45. The maximum Gasteiger partial charge on any atom is 0.269 e. The van der Waals surface area contributed by atoms with Gasteiger partial charge in [-0.25, -0.2) is 0 Å². The number of aliphatic hydroxyl groups is 1. The van der Waals surface area contributed by atoms with Crippen molar-refractivity contribution in [1.29, 1.82) is 0 Å². The zero-order valence-corrected chi connectivity index (χ0v) is 17.5. The van der Waals surface area contributed by atoms with E-state index in [0.29, 0.717) is 30.2 Å². The number of hydrogen-bond acceptors (Lipinski definition) is 8. The van der Waals surface area contributed by atoms with E-state index >= 15 is 0 Å². The molecule has 0 saturated heterocycles. The van der Waals surface area contributed by atoms with E-state index in [0.717, 1.165) is 5.56 Å². The number of non-ortho nitro benzene ring substituents is 1. The van der Waals surface area contributed by atoms with E-state index in [2.05, 4.69) is 15.5 Å². The van der Waals surface area contributed by atoms with Crippen LogP contribution in [-0.4, -0.2) is 45.5 Å². The number of ether oxygens (including phenoxy) is 1. The largest absolute Gasteiger partial charge is 0.389 e. The van der Waals surface area contributed by atoms with Crippen molar-refractivity contribution in [2.45, 2.75) is 38.5 Å². The summed E-state index contributed by atoms with van der Waals surface area (Å²) in [6.07, 6.45) is -0.0618. The molecule has 0 aliphatic rings. The van der Waals surface area contributed by atoms with Crippen LogP contribution in [0.25, 0.3) is 11.4 Å². The SMILES string of the molecule is CC(C)OC[C@@H](O)CN[C@H](Cc1ccccc1)c1nc(-c2ccc([N+](=O)[O-])cc2)no1. The van der Waals surface area contributed by atoms with E-state index in [9.17, 15) is 15.2 Å². The fraction of sp³-hybridized carbons (Fsp3) is 0.364. The lowest BCUT2D eigenvalue weighted by Gasteiger charge is -2.19. The summed E-state index contributed by atoms with van der Waals surface area (Å²) in [7, 11) is 0. The predicted octanol–water partition coefficient (Wildman–Crippen LogP) is 3.30. The highest BCUT2D eigenvalue weighted by atomic mass is 16.6. The lowest BCUT2D eigenvalue weighted by molar-refractivity contribution is -0.384. The van der Waals surface area contributed by atoms with Crippen LogP contribution in [0.5, 0.6) is 0 Å². The van der Waals surface area contributed by atoms with Crippen molar-refractivity contribution in [3.63, 3.8) is 0 Å². The molecule has 0 bridgehead atoms. The molecule has 3 rings (SSSR count). The van der Waals surface area contributed by atoms with Gasteiger partial charge in [0.2, 0.25) is 11.7 Å². The van der Waals surface area contributed by atoms with Crippen molar-refractivity contribution in [1.82, 2.24) is 15.5 Å². The molecule has 31 heavy (non-hydrogen) atoms. The summed E-state index contributed by atoms with van der Waals surface area (Å²) in [5.74, 6) is 0.711. The fourth-order valence-corrected chi connectivity index (χ4v) is 2.96. The van der Waals surface area contributed by atoms with Gasteiger partial charge in [-0.05, 0) is 38.0 Å². The Morgan fingerprint density at radius 3 is 2.52 bits per heavy atom. The smallest absolute Gasteiger partial charge is 0.269 e. The molecule has 0 aliphatic heterocycles. The molecule has 1 aromatic heterocycles. The average Bonchev–Trinajstić information content (AvgIpc) is 3.26. The molecule has 2 N–H and O–H groups in total. The topological polar surface area (TPSA) is 124 Å². The van der Waals surface area contributed by atoms with Gasteiger partial charge in [0.1, 0.15) is 0 Å². The molecule has 1 heterocycles. The van der Waals surface area contributed by atoms with Crippen LogP contribution in [0.2, 0.25) is 0 Å². The highest BCUT2D eigenvalue weighted by molar-refractivity contribution is 5.56. The van der Waals surface area contributed by atoms with Crippen LogP contribution >= 0.6 is 0 Å². The van der Waals surface area contributed by atoms with Crippen LogP contribution in [0.4, 0.5) is 5.69 Å². The van der Waals surface area contributed by atoms with E-state index in [1.165, 1.54) is 12.1 Å². The highest BCUT2D eigenvalue weighted by Gasteiger charge is 2.21. The van der Waals surface area contributed by atoms with Crippen LogP contribution in [0, 0.1) is 10.1 Å². The molecule has 0 unspecified atom stereocenters. The zero-order chi connectivity index (χ0) is 22.2. The Labute approximate surface area is 180 Å². The lowest BCUT2D eigenvalue weighted by Crippen LogP contribution is -2.34. The van der Waals surface area contributed by atoms with Crippen molar-refractivity contribution in [2.24, 2.45) is 0 Å². The number of aromatic nitrogens is 2. The molecule has 0 amide bonds. The number of aliphatic hydroxyl groups excluding tert-OH is 1. The fourth-order valence-electron chi connectivity index (χ4n) is 2.96. The van der Waals surface area contributed by atoms with E-state index < -0.39 is 11.0 Å². The summed E-state index contributed by atoms with van der Waals surface area (Å²) in [6.45, 7) is 4.34. The summed E-state index contributed by atoms with van der Waals surface area (Å²) in [4.78, 5) is 14.9. The third-order valence-electron chi connectivity index (χ3n) is 4.58. The summed E-state index contributed by atoms with van der Waals surface area (Å²) < 4.78 is 11.0. The van der Waals surface area contributed by atoms with Crippen LogP contribution < -0.4 is 5.32 Å². The van der Waals surface area contributed by atoms with Gasteiger partial charge in [-0.15, -0.1) is 0 Å². The first-order chi connectivity index (χ1) is 14.9. The minimum atomic E-state index is -0.683. The Morgan fingerprint density at radius 1 is 1.16 bits per heavy atom. The number of benzene rings is 2. The first kappa shape index (κ1) is 22.5. The Bertz CT molecular complexity index is 960. The minimum Gasteiger partial charge on any atom is -0.389 e. The quantitative estimate of drug-likeness (QED) is 0.354. The van der Waals surface area contributed by atoms with Gasteiger partial charge in [0.05, 0.1) is 29.8 Å². The molecule has 0 fully saturated rings. The van der Waals surface area contributed by atoms with Crippen LogP contribution in [0.15, 0.2) is 59.1 Å². The van der Waals surface area contributed by atoms with E-state index in [1.807, 2.05) is 44.2 Å². The Hall–Kier alpha value is -3.14. The van der Waals surface area contributed by atoms with Gasteiger partial charge in [0.25, 0.3) is 5.69 Å². The summed E-state index contributed by atoms with van der Waals surface area (Å²) >= 11 is 0. The molecule has 164 valence electrons. The molecule has 2 atom stereocenters. The molecule has 0 saturated carbocycles. The lowest BCUT2D eigenvalue weighted by atomic mass is 10.1. The van der Waals surface area contributed by atoms with Gasteiger partial charge in [-0.1, -0.05) is 35.5 Å². The van der Waals surface area contributed by atoms with Crippen LogP contribution in [0.3, 0.4) is 0 Å². The van der Waals surface area contributed by atoms with Crippen molar-refractivity contribution >= 4 is 5.69 Å². The second-order valence-electron chi connectivity index (χ2n) is 7.45. The van der Waals surface area contributed by atoms with Crippen LogP contribution in [-0.2, 0) is 11.2 Å². The molecule has 0 radical (unpaired) electrons. The van der Waals surface area contributed by atoms with Crippen molar-refractivity contribution in [3.05, 3.63) is 76.2 Å². The number of rotatable bonds is 11. The number of nitro benzene ring substituents is 1. The van der Waals surface area contributed by atoms with E-state index in [-0.39, 0.29) is 24.4 Å². The van der Waals surface area contributed by atoms with Gasteiger partial charge < -0.3 is 19.7 Å². The normalized spacial score (nSPS) is 13.3. The monoisotopic (exact) mass is 426 g/mol. The van der Waals surface area contributed by atoms with E-state index in [1.54, 1.807) is 12.1 Å². The molecular formula is C22H26N4O5. The van der Waals surface area contributed by atoms with Crippen LogP contribution in [0.1, 0.15) is 31.3 Å². The maximum absolute atomic E-state index is 10.8. The average molecular weight is 426 g/mol. The summed E-state index contributed by atoms with van der Waals surface area (Å²) in [5.41, 5.74) is 1.68. The number of nitrogens with one attached hydrogen (secondary N) is 1. The first-order valence-corrected chi connectivity index (χ1v) is 10.1. The molecule has 9 heteroatoms. The molecular weight excluding hydrogens is 400 g/mol. The molecule has 9 nitrogen and oxygen atoms in total. The van der Waals surface area contributed by atoms with Gasteiger partial charge in [0, 0.05) is 24.2 Å². The number of nitrogens with zero attached hydrogens (tertiary/aromatic N) is 3. The maximum atomic E-state index is 10.8. The minimum absolute atomic E-state index is 0.00584. The second kappa shape index (κ2) is 10.8. The van der Waals surface area contributed by atoms with Crippen molar-refractivity contribution in [3.8, 4) is 11.4 Å². The third kappa shape index (κ3) is 6.68. The third-order valence-corrected chi connectivity index (χ3v) is 4.58. The predicted molar refractivity (Wildman–Crippen MR) is 114 cm³/mol. The number of nitro groups is 1. The highest BCUT2D eigenvalue weighted by Crippen LogP contribution is 2.23. The van der Waals surface area contributed by atoms with Crippen molar-refractivity contribution in [2.75, 3.05) is 13.2 Å². The summed E-state index contributed by atoms with van der Waals surface area (Å²) in [5, 5.41) is 28.4. The van der Waals surface area contributed by atoms with Gasteiger partial charge in [-0.3, -0.25) is 10.1 Å². The Balaban J connectivity index is 1.74. The molecule has 0 spiro atoms. The standard InChI is InChI=1S/C22H26N4O5/c1-15(2)30-14-19(27)13-23-20(12-16-6-4-3-5-7-16)22-24-21(25-31-22)17-8-10-18(11-9-17)26(28)29/h3-11,15,19-20,23,27H,12-14H2,1-2H3/t19-,20+/m0/s1. The Morgan fingerprint density at radius 2 is 1.87 bits per heavy atom.